The third-order valence-electron chi connectivity index (χ3n) is 5.85. The number of aromatic nitrogens is 3. The van der Waals surface area contributed by atoms with Gasteiger partial charge < -0.3 is 20.4 Å². The number of amides is 1. The molecule has 3 heterocycles. The van der Waals surface area contributed by atoms with E-state index in [9.17, 15) is 4.79 Å². The summed E-state index contributed by atoms with van der Waals surface area (Å²) in [5.41, 5.74) is 5.62. The zero-order valence-electron chi connectivity index (χ0n) is 18.8. The predicted molar refractivity (Wildman–Crippen MR) is 132 cm³/mol. The van der Waals surface area contributed by atoms with Gasteiger partial charge in [0.25, 0.3) is 0 Å². The number of rotatable bonds is 5. The number of likely N-dealkylation sites (N-methyl/N-ethyl adjacent to an activating group) is 1. The van der Waals surface area contributed by atoms with Crippen LogP contribution in [0.15, 0.2) is 66.7 Å². The van der Waals surface area contributed by atoms with Gasteiger partial charge in [-0.3, -0.25) is 4.79 Å². The van der Waals surface area contributed by atoms with E-state index in [1.807, 2.05) is 47.0 Å². The van der Waals surface area contributed by atoms with Gasteiger partial charge in [-0.05, 0) is 55.6 Å². The highest BCUT2D eigenvalue weighted by Crippen LogP contribution is 2.25. The molecule has 1 aliphatic heterocycles. The minimum absolute atomic E-state index is 0.0894. The smallest absolute Gasteiger partial charge is 0.247 e. The van der Waals surface area contributed by atoms with Crippen molar-refractivity contribution >= 4 is 34.6 Å². The predicted octanol–water partition coefficient (Wildman–Crippen LogP) is 3.85. The summed E-state index contributed by atoms with van der Waals surface area (Å²) in [6.07, 6.45) is 0. The molecule has 2 aromatic heterocycles. The molecule has 33 heavy (non-hydrogen) atoms. The molecule has 0 atom stereocenters. The maximum atomic E-state index is 11.3. The van der Waals surface area contributed by atoms with Crippen LogP contribution < -0.4 is 15.5 Å². The summed E-state index contributed by atoms with van der Waals surface area (Å²) in [6, 6.07) is 22.0. The van der Waals surface area contributed by atoms with E-state index in [1.54, 1.807) is 0 Å². The molecule has 8 nitrogen and oxygen atoms in total. The van der Waals surface area contributed by atoms with Gasteiger partial charge in [0.2, 0.25) is 11.9 Å². The van der Waals surface area contributed by atoms with Gasteiger partial charge in [-0.1, -0.05) is 18.2 Å². The number of piperazine rings is 1. The summed E-state index contributed by atoms with van der Waals surface area (Å²) in [4.78, 5) is 20.7. The topological polar surface area (TPSA) is 77.8 Å². The fourth-order valence-electron chi connectivity index (χ4n) is 4.05. The van der Waals surface area contributed by atoms with Gasteiger partial charge in [-0.15, -0.1) is 5.10 Å². The molecule has 0 aliphatic carbocycles. The quantitative estimate of drug-likeness (QED) is 0.490. The standard InChI is InChI=1S/C25H27N7O/c1-18(33)26-20-8-6-19(7-9-20)23-4-3-5-24-28-25(29-32(23)24)27-21-10-12-22(13-11-21)31-16-14-30(2)15-17-31/h3-13H,14-17H2,1-2H3,(H,26,33)(H,27,29). The summed E-state index contributed by atoms with van der Waals surface area (Å²) in [7, 11) is 2.17. The lowest BCUT2D eigenvalue weighted by Gasteiger charge is -2.34. The monoisotopic (exact) mass is 441 g/mol. The van der Waals surface area contributed by atoms with Crippen molar-refractivity contribution < 1.29 is 4.79 Å². The lowest BCUT2D eigenvalue weighted by Crippen LogP contribution is -2.44. The Morgan fingerprint density at radius 2 is 1.58 bits per heavy atom. The van der Waals surface area contributed by atoms with Crippen LogP contribution in [-0.4, -0.2) is 58.6 Å². The first kappa shape index (κ1) is 21.0. The van der Waals surface area contributed by atoms with Crippen molar-refractivity contribution in [1.29, 1.82) is 0 Å². The number of carbonyl (C=O) groups excluding carboxylic acids is 1. The summed E-state index contributed by atoms with van der Waals surface area (Å²) >= 11 is 0. The average Bonchev–Trinajstić information content (AvgIpc) is 3.23. The Morgan fingerprint density at radius 3 is 2.27 bits per heavy atom. The minimum Gasteiger partial charge on any atom is -0.369 e. The van der Waals surface area contributed by atoms with E-state index in [2.05, 4.69) is 61.8 Å². The van der Waals surface area contributed by atoms with Gasteiger partial charge in [0.15, 0.2) is 5.65 Å². The molecule has 0 bridgehead atoms. The van der Waals surface area contributed by atoms with Gasteiger partial charge in [0, 0.05) is 55.7 Å². The molecule has 0 radical (unpaired) electrons. The molecule has 5 rings (SSSR count). The normalized spacial score (nSPS) is 14.4. The Labute approximate surface area is 192 Å². The van der Waals surface area contributed by atoms with Crippen LogP contribution in [0.1, 0.15) is 6.92 Å². The van der Waals surface area contributed by atoms with E-state index in [0.29, 0.717) is 5.95 Å². The highest BCUT2D eigenvalue weighted by atomic mass is 16.1. The third kappa shape index (κ3) is 4.65. The molecular formula is C25H27N7O. The maximum absolute atomic E-state index is 11.3. The molecule has 2 aromatic carbocycles. The largest absolute Gasteiger partial charge is 0.369 e. The molecule has 0 unspecified atom stereocenters. The van der Waals surface area contributed by atoms with Gasteiger partial charge >= 0.3 is 0 Å². The van der Waals surface area contributed by atoms with Crippen LogP contribution in [0.3, 0.4) is 0 Å². The van der Waals surface area contributed by atoms with E-state index < -0.39 is 0 Å². The van der Waals surface area contributed by atoms with Crippen molar-refractivity contribution in [3.63, 3.8) is 0 Å². The van der Waals surface area contributed by atoms with Crippen LogP contribution >= 0.6 is 0 Å². The van der Waals surface area contributed by atoms with Gasteiger partial charge in [0.05, 0.1) is 5.69 Å². The van der Waals surface area contributed by atoms with Crippen molar-refractivity contribution in [2.45, 2.75) is 6.92 Å². The molecule has 168 valence electrons. The van der Waals surface area contributed by atoms with Crippen LogP contribution in [0.4, 0.5) is 23.0 Å². The Morgan fingerprint density at radius 1 is 0.879 bits per heavy atom. The molecule has 1 amide bonds. The van der Waals surface area contributed by atoms with Crippen molar-refractivity contribution in [2.24, 2.45) is 0 Å². The number of nitrogens with one attached hydrogen (secondary N) is 2. The molecular weight excluding hydrogens is 414 g/mol. The van der Waals surface area contributed by atoms with Crippen LogP contribution in [0.5, 0.6) is 0 Å². The second kappa shape index (κ2) is 8.91. The van der Waals surface area contributed by atoms with Crippen molar-refractivity contribution in [2.75, 3.05) is 48.8 Å². The van der Waals surface area contributed by atoms with Gasteiger partial charge in [-0.25, -0.2) is 4.52 Å². The zero-order chi connectivity index (χ0) is 22.8. The number of hydrogen-bond donors (Lipinski definition) is 2. The SMILES string of the molecule is CC(=O)Nc1ccc(-c2cccc3nc(Nc4ccc(N5CCN(C)CC5)cc4)nn23)cc1. The number of pyridine rings is 1. The first-order valence-corrected chi connectivity index (χ1v) is 11.1. The zero-order valence-corrected chi connectivity index (χ0v) is 18.8. The van der Waals surface area contributed by atoms with E-state index in [4.69, 9.17) is 0 Å². The Hall–Kier alpha value is -3.91. The van der Waals surface area contributed by atoms with Gasteiger partial charge in [0.1, 0.15) is 0 Å². The molecule has 0 saturated carbocycles. The summed E-state index contributed by atoms with van der Waals surface area (Å²) in [5, 5.41) is 10.8. The number of fused-ring (bicyclic) bond motifs is 1. The summed E-state index contributed by atoms with van der Waals surface area (Å²) in [5.74, 6) is 0.457. The Kier molecular flexibility index (Phi) is 5.66. The van der Waals surface area contributed by atoms with Gasteiger partial charge in [-0.2, -0.15) is 4.98 Å². The minimum atomic E-state index is -0.0894. The van der Waals surface area contributed by atoms with Crippen molar-refractivity contribution in [1.82, 2.24) is 19.5 Å². The second-order valence-electron chi connectivity index (χ2n) is 8.34. The third-order valence-corrected chi connectivity index (χ3v) is 5.85. The van der Waals surface area contributed by atoms with E-state index in [1.165, 1.54) is 12.6 Å². The van der Waals surface area contributed by atoms with E-state index >= 15 is 0 Å². The highest BCUT2D eigenvalue weighted by molar-refractivity contribution is 5.89. The molecule has 0 spiro atoms. The molecule has 8 heteroatoms. The number of benzene rings is 2. The molecule has 1 aliphatic rings. The number of carbonyl (C=O) groups is 1. The summed E-state index contributed by atoms with van der Waals surface area (Å²) < 4.78 is 1.83. The van der Waals surface area contributed by atoms with Crippen LogP contribution in [0.25, 0.3) is 16.9 Å². The van der Waals surface area contributed by atoms with Crippen LogP contribution in [-0.2, 0) is 4.79 Å². The average molecular weight is 442 g/mol. The lowest BCUT2D eigenvalue weighted by molar-refractivity contribution is -0.114. The fraction of sp³-hybridized carbons (Fsp3) is 0.240. The number of anilines is 4. The van der Waals surface area contributed by atoms with Crippen molar-refractivity contribution in [3.8, 4) is 11.3 Å². The van der Waals surface area contributed by atoms with E-state index in [-0.39, 0.29) is 5.91 Å². The highest BCUT2D eigenvalue weighted by Gasteiger charge is 2.14. The first-order valence-electron chi connectivity index (χ1n) is 11.1. The van der Waals surface area contributed by atoms with Crippen LogP contribution in [0.2, 0.25) is 0 Å². The molecule has 2 N–H and O–H groups in total. The molecule has 1 fully saturated rings. The molecule has 1 saturated heterocycles. The molecule has 4 aromatic rings. The Bertz CT molecular complexity index is 1260. The van der Waals surface area contributed by atoms with Crippen LogP contribution in [0, 0.1) is 0 Å². The second-order valence-corrected chi connectivity index (χ2v) is 8.34. The lowest BCUT2D eigenvalue weighted by atomic mass is 10.1. The fourth-order valence-corrected chi connectivity index (χ4v) is 4.05. The van der Waals surface area contributed by atoms with E-state index in [0.717, 1.165) is 54.5 Å². The summed E-state index contributed by atoms with van der Waals surface area (Å²) in [6.45, 7) is 5.77. The van der Waals surface area contributed by atoms with Crippen molar-refractivity contribution in [3.05, 3.63) is 66.7 Å². The number of hydrogen-bond acceptors (Lipinski definition) is 6. The Balaban J connectivity index is 1.34. The number of nitrogens with zero attached hydrogens (tertiary/aromatic N) is 5. The first-order chi connectivity index (χ1) is 16.0. The maximum Gasteiger partial charge on any atom is 0.247 e.